The lowest BCUT2D eigenvalue weighted by molar-refractivity contribution is -0.142. The van der Waals surface area contributed by atoms with Crippen LogP contribution in [-0.2, 0) is 36.8 Å². The number of amides is 4. The molecule has 35 heavy (non-hydrogen) atoms. The molecule has 0 radical (unpaired) electrons. The monoisotopic (exact) mass is 487 g/mol. The van der Waals surface area contributed by atoms with Crippen LogP contribution in [0.1, 0.15) is 24.6 Å². The van der Waals surface area contributed by atoms with Crippen molar-refractivity contribution in [2.75, 3.05) is 0 Å². The fraction of sp³-hybridized carbons (Fsp3) is 0.364. The van der Waals surface area contributed by atoms with Crippen LogP contribution < -0.4 is 27.4 Å². The predicted molar refractivity (Wildman–Crippen MR) is 123 cm³/mol. The van der Waals surface area contributed by atoms with E-state index >= 15 is 0 Å². The van der Waals surface area contributed by atoms with Crippen LogP contribution in [0, 0.1) is 0 Å². The van der Waals surface area contributed by atoms with E-state index in [-0.39, 0.29) is 12.8 Å². The lowest BCUT2D eigenvalue weighted by Crippen LogP contribution is -2.58. The summed E-state index contributed by atoms with van der Waals surface area (Å²) in [5.41, 5.74) is 11.9. The highest BCUT2D eigenvalue weighted by molar-refractivity contribution is 5.96. The fourth-order valence-electron chi connectivity index (χ4n) is 3.13. The molecule has 0 bridgehead atoms. The number of nitrogens with zero attached hydrogens (tertiary/aromatic N) is 1. The van der Waals surface area contributed by atoms with Gasteiger partial charge in [-0.05, 0) is 12.5 Å². The number of aliphatic carboxylic acids is 1. The third kappa shape index (κ3) is 8.89. The summed E-state index contributed by atoms with van der Waals surface area (Å²) < 4.78 is 0. The van der Waals surface area contributed by atoms with Gasteiger partial charge in [0.25, 0.3) is 0 Å². The second-order valence-electron chi connectivity index (χ2n) is 7.95. The van der Waals surface area contributed by atoms with Crippen molar-refractivity contribution < 1.29 is 29.1 Å². The number of aromatic amines is 1. The van der Waals surface area contributed by atoms with Crippen molar-refractivity contribution in [1.29, 1.82) is 0 Å². The number of carbonyl (C=O) groups excluding carboxylic acids is 4. The number of nitrogens with one attached hydrogen (secondary N) is 4. The Balaban J connectivity index is 2.23. The normalized spacial score (nSPS) is 14.1. The molecule has 0 aliphatic heterocycles. The van der Waals surface area contributed by atoms with E-state index in [1.54, 1.807) is 30.3 Å². The van der Waals surface area contributed by atoms with Gasteiger partial charge in [-0.1, -0.05) is 30.3 Å². The Bertz CT molecular complexity index is 1030. The number of carboxylic acids is 1. The first kappa shape index (κ1) is 27.0. The average molecular weight is 488 g/mol. The van der Waals surface area contributed by atoms with Gasteiger partial charge in [0.15, 0.2) is 0 Å². The highest BCUT2D eigenvalue weighted by Gasteiger charge is 2.31. The minimum Gasteiger partial charge on any atom is -0.480 e. The molecule has 1 heterocycles. The summed E-state index contributed by atoms with van der Waals surface area (Å²) in [6.07, 6.45) is 2.23. The number of hydrogen-bond acceptors (Lipinski definition) is 7. The Labute approximate surface area is 201 Å². The lowest BCUT2D eigenvalue weighted by atomic mass is 10.0. The maximum atomic E-state index is 13.1. The molecular weight excluding hydrogens is 458 g/mol. The largest absolute Gasteiger partial charge is 0.480 e. The number of rotatable bonds is 13. The molecule has 13 nitrogen and oxygen atoms in total. The van der Waals surface area contributed by atoms with E-state index in [1.807, 2.05) is 0 Å². The molecule has 4 unspecified atom stereocenters. The first-order chi connectivity index (χ1) is 16.6. The van der Waals surface area contributed by atoms with Gasteiger partial charge in [0, 0.05) is 24.7 Å². The van der Waals surface area contributed by atoms with Gasteiger partial charge in [0.2, 0.25) is 23.6 Å². The summed E-state index contributed by atoms with van der Waals surface area (Å²) in [6.45, 7) is 1.39. The molecule has 0 spiro atoms. The predicted octanol–water partition coefficient (Wildman–Crippen LogP) is -2.04. The van der Waals surface area contributed by atoms with Crippen LogP contribution in [0.15, 0.2) is 42.9 Å². The van der Waals surface area contributed by atoms with Crippen LogP contribution in [-0.4, -0.2) is 68.8 Å². The summed E-state index contributed by atoms with van der Waals surface area (Å²) in [7, 11) is 0. The van der Waals surface area contributed by atoms with Crippen LogP contribution in [0.3, 0.4) is 0 Å². The van der Waals surface area contributed by atoms with Crippen molar-refractivity contribution in [3.8, 4) is 0 Å². The number of carbonyl (C=O) groups is 5. The standard InChI is InChI=1S/C22H29N7O6/c1-12(23)19(31)27-16(9-18(24)30)21(33)28-15(7-13-5-3-2-4-6-13)20(32)29-17(22(34)35)8-14-10-25-11-26-14/h2-6,10-12,15-17H,7-9,23H2,1H3,(H2,24,30)(H,25,26)(H,27,31)(H,28,33)(H,29,32)(H,34,35). The Kier molecular flexibility index (Phi) is 9.90. The average Bonchev–Trinajstić information content (AvgIpc) is 3.31. The number of nitrogens with two attached hydrogens (primary N) is 2. The Morgan fingerprint density at radius 3 is 2.09 bits per heavy atom. The fourth-order valence-corrected chi connectivity index (χ4v) is 3.13. The zero-order chi connectivity index (χ0) is 26.0. The number of aromatic nitrogens is 2. The van der Waals surface area contributed by atoms with E-state index in [0.717, 1.165) is 0 Å². The van der Waals surface area contributed by atoms with E-state index < -0.39 is 60.2 Å². The minimum absolute atomic E-state index is 0.0132. The van der Waals surface area contributed by atoms with Gasteiger partial charge in [-0.2, -0.15) is 0 Å². The second kappa shape index (κ2) is 12.8. The van der Waals surface area contributed by atoms with Gasteiger partial charge in [-0.3, -0.25) is 19.2 Å². The Hall–Kier alpha value is -4.26. The third-order valence-corrected chi connectivity index (χ3v) is 4.96. The minimum atomic E-state index is -1.38. The van der Waals surface area contributed by atoms with Crippen molar-refractivity contribution >= 4 is 29.6 Å². The van der Waals surface area contributed by atoms with Crippen molar-refractivity contribution in [1.82, 2.24) is 25.9 Å². The smallest absolute Gasteiger partial charge is 0.326 e. The van der Waals surface area contributed by atoms with E-state index in [9.17, 15) is 29.1 Å². The van der Waals surface area contributed by atoms with Gasteiger partial charge in [-0.25, -0.2) is 9.78 Å². The van der Waals surface area contributed by atoms with Crippen LogP contribution in [0.4, 0.5) is 0 Å². The van der Waals surface area contributed by atoms with E-state index in [2.05, 4.69) is 25.9 Å². The zero-order valence-corrected chi connectivity index (χ0v) is 19.1. The van der Waals surface area contributed by atoms with Gasteiger partial charge in [-0.15, -0.1) is 0 Å². The topological polar surface area (TPSA) is 222 Å². The molecule has 9 N–H and O–H groups in total. The van der Waals surface area contributed by atoms with Gasteiger partial charge >= 0.3 is 5.97 Å². The summed E-state index contributed by atoms with van der Waals surface area (Å²) in [6, 6.07) is 3.83. The van der Waals surface area contributed by atoms with E-state index in [0.29, 0.717) is 11.3 Å². The quantitative estimate of drug-likeness (QED) is 0.166. The van der Waals surface area contributed by atoms with Gasteiger partial charge in [0.05, 0.1) is 18.8 Å². The molecule has 0 saturated heterocycles. The van der Waals surface area contributed by atoms with Crippen molar-refractivity contribution in [3.05, 3.63) is 54.1 Å². The molecule has 4 amide bonds. The Morgan fingerprint density at radius 1 is 0.943 bits per heavy atom. The molecule has 0 aliphatic carbocycles. The number of benzene rings is 1. The van der Waals surface area contributed by atoms with Crippen LogP contribution in [0.5, 0.6) is 0 Å². The first-order valence-electron chi connectivity index (χ1n) is 10.8. The summed E-state index contributed by atoms with van der Waals surface area (Å²) in [5, 5.41) is 16.8. The highest BCUT2D eigenvalue weighted by atomic mass is 16.4. The number of primary amides is 1. The van der Waals surface area contributed by atoms with E-state index in [4.69, 9.17) is 11.5 Å². The molecule has 2 rings (SSSR count). The number of carboxylic acid groups (broad SMARTS) is 1. The second-order valence-corrected chi connectivity index (χ2v) is 7.95. The van der Waals surface area contributed by atoms with Crippen molar-refractivity contribution in [2.24, 2.45) is 11.5 Å². The van der Waals surface area contributed by atoms with Crippen molar-refractivity contribution in [2.45, 2.75) is 50.4 Å². The Morgan fingerprint density at radius 2 is 1.54 bits per heavy atom. The molecular formula is C22H29N7O6. The molecule has 13 heteroatoms. The number of hydrogen-bond donors (Lipinski definition) is 7. The maximum absolute atomic E-state index is 13.1. The molecule has 1 aromatic carbocycles. The molecule has 1 aromatic heterocycles. The summed E-state index contributed by atoms with van der Waals surface area (Å²) in [5.74, 6) is -4.46. The third-order valence-electron chi connectivity index (χ3n) is 4.96. The van der Waals surface area contributed by atoms with Crippen LogP contribution >= 0.6 is 0 Å². The first-order valence-corrected chi connectivity index (χ1v) is 10.8. The molecule has 0 saturated carbocycles. The van der Waals surface area contributed by atoms with Crippen LogP contribution in [0.25, 0.3) is 0 Å². The molecule has 0 aliphatic rings. The summed E-state index contributed by atoms with van der Waals surface area (Å²) >= 11 is 0. The van der Waals surface area contributed by atoms with Gasteiger partial charge < -0.3 is 37.5 Å². The number of imidazole rings is 1. The zero-order valence-electron chi connectivity index (χ0n) is 19.1. The van der Waals surface area contributed by atoms with E-state index in [1.165, 1.54) is 19.4 Å². The highest BCUT2D eigenvalue weighted by Crippen LogP contribution is 2.07. The van der Waals surface area contributed by atoms with Crippen molar-refractivity contribution in [3.63, 3.8) is 0 Å². The van der Waals surface area contributed by atoms with Gasteiger partial charge in [0.1, 0.15) is 18.1 Å². The molecule has 4 atom stereocenters. The maximum Gasteiger partial charge on any atom is 0.326 e. The lowest BCUT2D eigenvalue weighted by Gasteiger charge is -2.24. The molecule has 2 aromatic rings. The van der Waals surface area contributed by atoms with Crippen LogP contribution in [0.2, 0.25) is 0 Å². The molecule has 0 fully saturated rings. The SMILES string of the molecule is CC(N)C(=O)NC(CC(N)=O)C(=O)NC(Cc1ccccc1)C(=O)NC(Cc1cnc[nH]1)C(=O)O. The number of H-pyrrole nitrogens is 1. The summed E-state index contributed by atoms with van der Waals surface area (Å²) in [4.78, 5) is 67.8. The molecule has 188 valence electrons.